The summed E-state index contributed by atoms with van der Waals surface area (Å²) >= 11 is 5.45. The minimum absolute atomic E-state index is 0.374. The van der Waals surface area contributed by atoms with Gasteiger partial charge >= 0.3 is 6.11 Å². The first kappa shape index (κ1) is 12.6. The van der Waals surface area contributed by atoms with E-state index in [2.05, 4.69) is 4.74 Å². The number of halogens is 4. The van der Waals surface area contributed by atoms with E-state index < -0.39 is 23.5 Å². The van der Waals surface area contributed by atoms with Gasteiger partial charge in [-0.05, 0) is 6.07 Å². The van der Waals surface area contributed by atoms with Crippen LogP contribution in [-0.4, -0.2) is 17.7 Å². The lowest BCUT2D eigenvalue weighted by atomic mass is 10.3. The van der Waals surface area contributed by atoms with Crippen LogP contribution in [0.4, 0.5) is 18.9 Å². The van der Waals surface area contributed by atoms with Gasteiger partial charge in [0.2, 0.25) is 0 Å². The molecule has 0 spiro atoms. The maximum Gasteiger partial charge on any atom is 0.427 e. The van der Waals surface area contributed by atoms with E-state index in [1.165, 1.54) is 0 Å². The van der Waals surface area contributed by atoms with Crippen LogP contribution in [-0.2, 0) is 0 Å². The normalized spacial score (nSPS) is 11.2. The highest BCUT2D eigenvalue weighted by Gasteiger charge is 2.32. The molecule has 0 atom stereocenters. The Morgan fingerprint density at radius 3 is 2.56 bits per heavy atom. The Hall–Kier alpha value is -1.50. The third-order valence-corrected chi connectivity index (χ3v) is 1.84. The molecule has 0 N–H and O–H groups in total. The minimum atomic E-state index is -4.00. The van der Waals surface area contributed by atoms with Crippen LogP contribution in [0.3, 0.4) is 0 Å². The fourth-order valence-electron chi connectivity index (χ4n) is 0.874. The zero-order valence-corrected chi connectivity index (χ0v) is 8.38. The van der Waals surface area contributed by atoms with Gasteiger partial charge in [0.05, 0.1) is 9.95 Å². The van der Waals surface area contributed by atoms with E-state index in [1.54, 1.807) is 0 Å². The highest BCUT2D eigenvalue weighted by atomic mass is 35.5. The topological polar surface area (TPSA) is 52.4 Å². The van der Waals surface area contributed by atoms with Crippen LogP contribution in [0.25, 0.3) is 0 Å². The molecular formula is C8H5ClF3NO3. The molecule has 1 aromatic carbocycles. The molecule has 1 aromatic rings. The molecular weight excluding hydrogens is 251 g/mol. The minimum Gasteiger partial charge on any atom is -0.429 e. The average Bonchev–Trinajstić information content (AvgIpc) is 2.20. The van der Waals surface area contributed by atoms with Crippen molar-refractivity contribution in [2.45, 2.75) is 6.11 Å². The molecule has 0 aliphatic rings. The summed E-state index contributed by atoms with van der Waals surface area (Å²) in [5.74, 6) is -0.519. The summed E-state index contributed by atoms with van der Waals surface area (Å²) in [4.78, 5) is 9.56. The molecule has 0 unspecified atom stereocenters. The molecule has 0 heterocycles. The van der Waals surface area contributed by atoms with Crippen molar-refractivity contribution >= 4 is 17.3 Å². The van der Waals surface area contributed by atoms with Gasteiger partial charge in [-0.25, -0.2) is 4.39 Å². The highest BCUT2D eigenvalue weighted by molar-refractivity contribution is 6.32. The molecule has 0 saturated heterocycles. The number of alkyl halides is 3. The number of nitrogens with zero attached hydrogens (tertiary/aromatic N) is 1. The quantitative estimate of drug-likeness (QED) is 0.613. The number of rotatable bonds is 4. The van der Waals surface area contributed by atoms with Gasteiger partial charge in [-0.1, -0.05) is 11.6 Å². The summed E-state index contributed by atoms with van der Waals surface area (Å²) in [6, 6.07) is 2.64. The number of ether oxygens (including phenoxy) is 1. The van der Waals surface area contributed by atoms with Gasteiger partial charge in [-0.15, -0.1) is 0 Å². The van der Waals surface area contributed by atoms with Crippen molar-refractivity contribution in [3.05, 3.63) is 33.3 Å². The third-order valence-electron chi connectivity index (χ3n) is 1.54. The number of hydrogen-bond donors (Lipinski definition) is 0. The van der Waals surface area contributed by atoms with E-state index in [4.69, 9.17) is 11.6 Å². The summed E-state index contributed by atoms with van der Waals surface area (Å²) in [5, 5.41) is 9.92. The Bertz CT molecular complexity index is 414. The van der Waals surface area contributed by atoms with Crippen LogP contribution < -0.4 is 4.74 Å². The van der Waals surface area contributed by atoms with Crippen LogP contribution in [0, 0.1) is 10.1 Å². The van der Waals surface area contributed by atoms with Gasteiger partial charge in [0.1, 0.15) is 5.75 Å². The zero-order valence-electron chi connectivity index (χ0n) is 7.62. The first-order valence-electron chi connectivity index (χ1n) is 3.92. The molecule has 0 amide bonds. The molecule has 0 radical (unpaired) electrons. The van der Waals surface area contributed by atoms with Gasteiger partial charge < -0.3 is 4.74 Å². The van der Waals surface area contributed by atoms with E-state index in [-0.39, 0.29) is 10.7 Å². The number of benzene rings is 1. The molecule has 0 aliphatic heterocycles. The summed E-state index contributed by atoms with van der Waals surface area (Å²) in [6.45, 7) is -2.01. The Labute approximate surface area is 92.7 Å². The number of hydrogen-bond acceptors (Lipinski definition) is 3. The van der Waals surface area contributed by atoms with E-state index >= 15 is 0 Å². The first-order chi connectivity index (χ1) is 7.35. The molecule has 8 heteroatoms. The number of non-ortho nitro benzene ring substituents is 1. The fourth-order valence-corrected chi connectivity index (χ4v) is 1.09. The Morgan fingerprint density at radius 2 is 2.12 bits per heavy atom. The Morgan fingerprint density at radius 1 is 1.50 bits per heavy atom. The van der Waals surface area contributed by atoms with E-state index in [9.17, 15) is 23.3 Å². The zero-order chi connectivity index (χ0) is 12.3. The van der Waals surface area contributed by atoms with Crippen LogP contribution >= 0.6 is 11.6 Å². The van der Waals surface area contributed by atoms with Crippen LogP contribution in [0.1, 0.15) is 0 Å². The molecule has 0 saturated carbocycles. The third kappa shape index (κ3) is 2.99. The second-order valence-electron chi connectivity index (χ2n) is 2.74. The Balaban J connectivity index is 2.96. The van der Waals surface area contributed by atoms with Crippen molar-refractivity contribution < 1.29 is 22.8 Å². The first-order valence-corrected chi connectivity index (χ1v) is 4.30. The van der Waals surface area contributed by atoms with E-state index in [1.807, 2.05) is 0 Å². The molecule has 16 heavy (non-hydrogen) atoms. The van der Waals surface area contributed by atoms with Gasteiger partial charge in [-0.2, -0.15) is 8.78 Å². The predicted octanol–water partition coefficient (Wildman–Crippen LogP) is 3.19. The fraction of sp³-hybridized carbons (Fsp3) is 0.250. The van der Waals surface area contributed by atoms with Crippen LogP contribution in [0.5, 0.6) is 5.75 Å². The molecule has 4 nitrogen and oxygen atoms in total. The van der Waals surface area contributed by atoms with Crippen molar-refractivity contribution in [1.82, 2.24) is 0 Å². The van der Waals surface area contributed by atoms with Crippen molar-refractivity contribution in [2.75, 3.05) is 6.67 Å². The second kappa shape index (κ2) is 4.56. The SMILES string of the molecule is O=[N+]([O-])c1ccc(OC(F)(F)CF)c(Cl)c1. The number of nitro groups is 1. The maximum absolute atomic E-state index is 12.5. The van der Waals surface area contributed by atoms with Crippen molar-refractivity contribution in [3.8, 4) is 5.75 Å². The summed E-state index contributed by atoms with van der Waals surface area (Å²) < 4.78 is 40.7. The molecule has 0 aliphatic carbocycles. The lowest BCUT2D eigenvalue weighted by Crippen LogP contribution is -2.27. The molecule has 1 rings (SSSR count). The van der Waals surface area contributed by atoms with Gasteiger partial charge in [0.15, 0.2) is 6.67 Å². The van der Waals surface area contributed by atoms with Crippen LogP contribution in [0.15, 0.2) is 18.2 Å². The lowest BCUT2D eigenvalue weighted by molar-refractivity contribution is -0.384. The maximum atomic E-state index is 12.5. The van der Waals surface area contributed by atoms with Crippen molar-refractivity contribution in [2.24, 2.45) is 0 Å². The van der Waals surface area contributed by atoms with Crippen molar-refractivity contribution in [1.29, 1.82) is 0 Å². The summed E-state index contributed by atoms with van der Waals surface area (Å²) in [5.41, 5.74) is -0.374. The smallest absolute Gasteiger partial charge is 0.427 e. The number of nitro benzene ring substituents is 1. The molecule has 0 bridgehead atoms. The summed E-state index contributed by atoms with van der Waals surface area (Å²) in [6.07, 6.45) is -4.00. The molecule has 0 fully saturated rings. The largest absolute Gasteiger partial charge is 0.429 e. The second-order valence-corrected chi connectivity index (χ2v) is 3.15. The summed E-state index contributed by atoms with van der Waals surface area (Å²) in [7, 11) is 0. The average molecular weight is 256 g/mol. The predicted molar refractivity (Wildman–Crippen MR) is 49.7 cm³/mol. The van der Waals surface area contributed by atoms with Gasteiger partial charge in [-0.3, -0.25) is 10.1 Å². The monoisotopic (exact) mass is 255 g/mol. The van der Waals surface area contributed by atoms with Crippen molar-refractivity contribution in [3.63, 3.8) is 0 Å². The van der Waals surface area contributed by atoms with E-state index in [0.717, 1.165) is 18.2 Å². The standard InChI is InChI=1S/C8H5ClF3NO3/c9-6-3-5(13(14)15)1-2-7(6)16-8(11,12)4-10/h1-3H,4H2. The highest BCUT2D eigenvalue weighted by Crippen LogP contribution is 2.32. The molecule has 88 valence electrons. The van der Waals surface area contributed by atoms with Gasteiger partial charge in [0, 0.05) is 12.1 Å². The van der Waals surface area contributed by atoms with Gasteiger partial charge in [0.25, 0.3) is 5.69 Å². The lowest BCUT2D eigenvalue weighted by Gasteiger charge is -2.14. The molecule has 0 aromatic heterocycles. The van der Waals surface area contributed by atoms with Crippen LogP contribution in [0.2, 0.25) is 5.02 Å². The van der Waals surface area contributed by atoms with E-state index in [0.29, 0.717) is 0 Å². The Kier molecular flexibility index (Phi) is 3.58.